The van der Waals surface area contributed by atoms with Crippen molar-refractivity contribution in [2.24, 2.45) is 0 Å². The van der Waals surface area contributed by atoms with Gasteiger partial charge in [0.1, 0.15) is 0 Å². The highest BCUT2D eigenvalue weighted by molar-refractivity contribution is 4.77. The van der Waals surface area contributed by atoms with Crippen LogP contribution in [0.5, 0.6) is 0 Å². The topological polar surface area (TPSA) is 15.3 Å². The molecule has 7 heteroatoms. The molecule has 0 atom stereocenters. The molecular weight excluding hydrogens is 171 g/mol. The van der Waals surface area contributed by atoms with Crippen LogP contribution in [-0.2, 0) is 0 Å². The third-order valence-corrected chi connectivity index (χ3v) is 1.32. The second-order valence-electron chi connectivity index (χ2n) is 2.09. The second-order valence-corrected chi connectivity index (χ2v) is 2.09. The summed E-state index contributed by atoms with van der Waals surface area (Å²) in [5.41, 5.74) is 0. The van der Waals surface area contributed by atoms with Crippen LogP contribution in [0.3, 0.4) is 0 Å². The fourth-order valence-electron chi connectivity index (χ4n) is 0.840. The van der Waals surface area contributed by atoms with Crippen LogP contribution in [0.15, 0.2) is 0 Å². The Bertz CT molecular complexity index is 153. The predicted molar refractivity (Wildman–Crippen MR) is 25.7 cm³/mol. The molecule has 0 aromatic rings. The van der Waals surface area contributed by atoms with Gasteiger partial charge in [0.15, 0.2) is 0 Å². The van der Waals surface area contributed by atoms with E-state index in [0.29, 0.717) is 0 Å². The molecule has 0 radical (unpaired) electrons. The van der Waals surface area contributed by atoms with Gasteiger partial charge in [-0.25, -0.2) is 5.32 Å². The van der Waals surface area contributed by atoms with Crippen LogP contribution in [0.2, 0.25) is 0 Å². The molecule has 0 amide bonds. The molecule has 1 fully saturated rings. The smallest absolute Gasteiger partial charge is 0.242 e. The normalized spacial score (nSPS) is 25.9. The van der Waals surface area contributed by atoms with Crippen LogP contribution in [0.1, 0.15) is 0 Å². The molecule has 66 valence electrons. The van der Waals surface area contributed by atoms with Crippen LogP contribution in [0, 0.1) is 0 Å². The quantitative estimate of drug-likeness (QED) is 0.437. The minimum Gasteiger partial charge on any atom is -0.242 e. The van der Waals surface area contributed by atoms with Gasteiger partial charge in [-0.15, -0.1) is 4.90 Å². The van der Waals surface area contributed by atoms with Crippen molar-refractivity contribution in [1.82, 2.24) is 10.2 Å². The third-order valence-electron chi connectivity index (χ3n) is 1.32. The van der Waals surface area contributed by atoms with Crippen molar-refractivity contribution >= 4 is 0 Å². The Kier molecular flexibility index (Phi) is 1.79. The van der Waals surface area contributed by atoms with E-state index in [0.717, 1.165) is 0 Å². The van der Waals surface area contributed by atoms with E-state index in [9.17, 15) is 22.0 Å². The van der Waals surface area contributed by atoms with E-state index in [1.807, 2.05) is 0 Å². The summed E-state index contributed by atoms with van der Waals surface area (Å²) in [7, 11) is 0. The van der Waals surface area contributed by atoms with Gasteiger partial charge in [-0.3, -0.25) is 0 Å². The lowest BCUT2D eigenvalue weighted by molar-refractivity contribution is -0.321. The summed E-state index contributed by atoms with van der Waals surface area (Å²) in [6.45, 7) is -1.07. The molecule has 0 spiro atoms. The highest BCUT2D eigenvalue weighted by atomic mass is 19.4. The lowest BCUT2D eigenvalue weighted by Crippen LogP contribution is -2.50. The molecule has 1 aliphatic rings. The largest absolute Gasteiger partial charge is 0.465 e. The number of alkyl halides is 5. The minimum absolute atomic E-state index is 0.355. The fraction of sp³-hybridized carbons (Fsp3) is 1.00. The average Bonchev–Trinajstić information content (AvgIpc) is 2.06. The number of hydrogen-bond acceptors (Lipinski definition) is 2. The van der Waals surface area contributed by atoms with Crippen molar-refractivity contribution in [3.8, 4) is 0 Å². The molecule has 2 nitrogen and oxygen atoms in total. The van der Waals surface area contributed by atoms with Crippen molar-refractivity contribution in [1.29, 1.82) is 0 Å². The van der Waals surface area contributed by atoms with Crippen LogP contribution in [-0.4, -0.2) is 30.5 Å². The van der Waals surface area contributed by atoms with Gasteiger partial charge >= 0.3 is 12.5 Å². The van der Waals surface area contributed by atoms with E-state index < -0.39 is 23.9 Å². The van der Waals surface area contributed by atoms with Crippen molar-refractivity contribution < 1.29 is 22.0 Å². The molecule has 11 heavy (non-hydrogen) atoms. The zero-order chi connectivity index (χ0) is 8.70. The number of halogens is 5. The molecule has 1 heterocycles. The first-order valence-electron chi connectivity index (χ1n) is 2.81. The van der Waals surface area contributed by atoms with E-state index in [4.69, 9.17) is 0 Å². The Morgan fingerprint density at radius 3 is 2.00 bits per heavy atom. The van der Waals surface area contributed by atoms with E-state index in [1.54, 1.807) is 0 Å². The lowest BCUT2D eigenvalue weighted by atomic mass is 10.6. The summed E-state index contributed by atoms with van der Waals surface area (Å²) in [5.74, 6) is 0. The molecule has 1 N–H and O–H groups in total. The molecule has 0 bridgehead atoms. The molecule has 0 saturated carbocycles. The van der Waals surface area contributed by atoms with Crippen LogP contribution in [0.25, 0.3) is 0 Å². The Hall–Kier alpha value is -0.430. The van der Waals surface area contributed by atoms with Crippen LogP contribution < -0.4 is 5.32 Å². The zero-order valence-corrected chi connectivity index (χ0v) is 5.25. The zero-order valence-electron chi connectivity index (χ0n) is 5.25. The number of rotatable bonds is 0. The maximum Gasteiger partial charge on any atom is 0.465 e. The molecule has 1 aliphatic heterocycles. The molecular formula is C4H5F5N2. The van der Waals surface area contributed by atoms with Crippen molar-refractivity contribution in [2.75, 3.05) is 13.1 Å². The monoisotopic (exact) mass is 176 g/mol. The van der Waals surface area contributed by atoms with E-state index in [1.165, 1.54) is 5.32 Å². The highest BCUT2D eigenvalue weighted by Gasteiger charge is 2.55. The molecule has 0 aliphatic carbocycles. The van der Waals surface area contributed by atoms with Gasteiger partial charge < -0.3 is 0 Å². The van der Waals surface area contributed by atoms with Gasteiger partial charge in [0.05, 0.1) is 0 Å². The minimum atomic E-state index is -4.97. The summed E-state index contributed by atoms with van der Waals surface area (Å²) in [6, 6.07) is 0. The van der Waals surface area contributed by atoms with E-state index in [2.05, 4.69) is 0 Å². The van der Waals surface area contributed by atoms with Gasteiger partial charge in [0, 0.05) is 13.1 Å². The SMILES string of the molecule is FC(F)(F)N1CCNC1(F)F. The fourth-order valence-corrected chi connectivity index (χ4v) is 0.840. The average molecular weight is 176 g/mol. The third kappa shape index (κ3) is 1.59. The summed E-state index contributed by atoms with van der Waals surface area (Å²) in [4.78, 5) is -0.833. The summed E-state index contributed by atoms with van der Waals surface area (Å²) >= 11 is 0. The Labute approximate surface area is 59.0 Å². The summed E-state index contributed by atoms with van der Waals surface area (Å²) < 4.78 is 59.4. The first kappa shape index (κ1) is 8.66. The van der Waals surface area contributed by atoms with Gasteiger partial charge in [-0.05, 0) is 0 Å². The van der Waals surface area contributed by atoms with E-state index in [-0.39, 0.29) is 6.54 Å². The Balaban J connectivity index is 2.73. The predicted octanol–water partition coefficient (Wildman–Crippen LogP) is 0.962. The molecule has 0 aromatic heterocycles. The van der Waals surface area contributed by atoms with Crippen molar-refractivity contribution in [3.63, 3.8) is 0 Å². The summed E-state index contributed by atoms with van der Waals surface area (Å²) in [6.07, 6.45) is -8.91. The summed E-state index contributed by atoms with van der Waals surface area (Å²) in [5, 5.41) is 1.43. The second kappa shape index (κ2) is 2.28. The van der Waals surface area contributed by atoms with Gasteiger partial charge in [0.2, 0.25) is 0 Å². The Morgan fingerprint density at radius 1 is 1.27 bits per heavy atom. The highest BCUT2D eigenvalue weighted by Crippen LogP contribution is 2.32. The molecule has 1 saturated heterocycles. The standard InChI is InChI=1S/C4H5F5N2/c5-3(6,7)11-2-1-10-4(11,8)9/h10H,1-2H2. The van der Waals surface area contributed by atoms with Gasteiger partial charge in [-0.2, -0.15) is 22.0 Å². The molecule has 0 unspecified atom stereocenters. The number of nitrogens with zero attached hydrogens (tertiary/aromatic N) is 1. The van der Waals surface area contributed by atoms with Crippen LogP contribution >= 0.6 is 0 Å². The van der Waals surface area contributed by atoms with Crippen LogP contribution in [0.4, 0.5) is 22.0 Å². The van der Waals surface area contributed by atoms with Gasteiger partial charge in [0.25, 0.3) is 0 Å². The maximum atomic E-state index is 12.2. The first-order valence-corrected chi connectivity index (χ1v) is 2.81. The van der Waals surface area contributed by atoms with E-state index >= 15 is 0 Å². The van der Waals surface area contributed by atoms with Crippen molar-refractivity contribution in [2.45, 2.75) is 12.5 Å². The molecule has 1 rings (SSSR count). The maximum absolute atomic E-state index is 12.2. The number of hydrogen-bond donors (Lipinski definition) is 1. The number of nitrogens with one attached hydrogen (secondary N) is 1. The first-order chi connectivity index (χ1) is 4.84. The Morgan fingerprint density at radius 2 is 1.82 bits per heavy atom. The van der Waals surface area contributed by atoms with Gasteiger partial charge in [-0.1, -0.05) is 0 Å². The lowest BCUT2D eigenvalue weighted by Gasteiger charge is -2.24. The van der Waals surface area contributed by atoms with Crippen molar-refractivity contribution in [3.05, 3.63) is 0 Å². The molecule has 0 aromatic carbocycles.